The van der Waals surface area contributed by atoms with Crippen molar-refractivity contribution < 1.29 is 14.3 Å². The highest BCUT2D eigenvalue weighted by Crippen LogP contribution is 2.09. The fourth-order valence-electron chi connectivity index (χ4n) is 2.51. The lowest BCUT2D eigenvalue weighted by molar-refractivity contribution is -0.144. The summed E-state index contributed by atoms with van der Waals surface area (Å²) in [5, 5.41) is 0. The number of aromatic nitrogens is 1. The van der Waals surface area contributed by atoms with Gasteiger partial charge in [0.1, 0.15) is 13.2 Å². The van der Waals surface area contributed by atoms with Gasteiger partial charge in [-0.3, -0.25) is 9.59 Å². The molecule has 0 fully saturated rings. The standard InChI is InChI=1S/C18H31N3O3/c1-6-7-11-20(12-16-9-8-10-19(16)4)17(22)13-21(15(2)3)18(23)14-24-5/h8-10,15H,6-7,11-14H2,1-5H3. The van der Waals surface area contributed by atoms with Gasteiger partial charge in [0.15, 0.2) is 0 Å². The maximum Gasteiger partial charge on any atom is 0.249 e. The highest BCUT2D eigenvalue weighted by molar-refractivity contribution is 5.85. The zero-order chi connectivity index (χ0) is 18.1. The third-order valence-electron chi connectivity index (χ3n) is 4.06. The Balaban J connectivity index is 2.81. The molecule has 6 heteroatoms. The highest BCUT2D eigenvalue weighted by Gasteiger charge is 2.23. The second-order valence-electron chi connectivity index (χ2n) is 6.33. The SMILES string of the molecule is CCCCN(Cc1cccn1C)C(=O)CN(C(=O)COC)C(C)C. The summed E-state index contributed by atoms with van der Waals surface area (Å²) in [7, 11) is 3.46. The zero-order valence-electron chi connectivity index (χ0n) is 15.6. The molecule has 24 heavy (non-hydrogen) atoms. The van der Waals surface area contributed by atoms with Gasteiger partial charge in [0.05, 0.1) is 6.54 Å². The normalized spacial score (nSPS) is 10.9. The van der Waals surface area contributed by atoms with Crippen molar-refractivity contribution in [1.29, 1.82) is 0 Å². The van der Waals surface area contributed by atoms with E-state index in [0.717, 1.165) is 18.5 Å². The topological polar surface area (TPSA) is 54.8 Å². The van der Waals surface area contributed by atoms with Gasteiger partial charge < -0.3 is 19.1 Å². The monoisotopic (exact) mass is 337 g/mol. The molecule has 0 spiro atoms. The van der Waals surface area contributed by atoms with Crippen molar-refractivity contribution in [2.24, 2.45) is 7.05 Å². The van der Waals surface area contributed by atoms with Crippen molar-refractivity contribution in [3.63, 3.8) is 0 Å². The number of unbranched alkanes of at least 4 members (excludes halogenated alkanes) is 1. The molecule has 1 aromatic rings. The number of hydrogen-bond donors (Lipinski definition) is 0. The van der Waals surface area contributed by atoms with Gasteiger partial charge in [-0.25, -0.2) is 0 Å². The molecule has 2 amide bonds. The molecule has 0 saturated carbocycles. The Labute approximate surface area is 145 Å². The Morgan fingerprint density at radius 1 is 1.29 bits per heavy atom. The molecule has 1 heterocycles. The van der Waals surface area contributed by atoms with Gasteiger partial charge in [-0.15, -0.1) is 0 Å². The van der Waals surface area contributed by atoms with Crippen molar-refractivity contribution >= 4 is 11.8 Å². The van der Waals surface area contributed by atoms with Crippen molar-refractivity contribution in [2.75, 3.05) is 26.8 Å². The molecule has 1 rings (SSSR count). The van der Waals surface area contributed by atoms with E-state index in [1.807, 2.05) is 48.7 Å². The predicted molar refractivity (Wildman–Crippen MR) is 94.5 cm³/mol. The van der Waals surface area contributed by atoms with E-state index in [9.17, 15) is 9.59 Å². The number of amides is 2. The van der Waals surface area contributed by atoms with E-state index in [4.69, 9.17) is 4.74 Å². The van der Waals surface area contributed by atoms with Gasteiger partial charge in [0.25, 0.3) is 0 Å². The van der Waals surface area contributed by atoms with Gasteiger partial charge in [-0.1, -0.05) is 13.3 Å². The predicted octanol–water partition coefficient (Wildman–Crippen LogP) is 2.04. The third kappa shape index (κ3) is 6.00. The molecule has 0 bridgehead atoms. The lowest BCUT2D eigenvalue weighted by Crippen LogP contribution is -2.47. The highest BCUT2D eigenvalue weighted by atomic mass is 16.5. The van der Waals surface area contributed by atoms with Crippen LogP contribution in [0.3, 0.4) is 0 Å². The maximum atomic E-state index is 12.8. The minimum atomic E-state index is -0.157. The van der Waals surface area contributed by atoms with Crippen LogP contribution in [0.15, 0.2) is 18.3 Å². The zero-order valence-corrected chi connectivity index (χ0v) is 15.6. The van der Waals surface area contributed by atoms with Gasteiger partial charge >= 0.3 is 0 Å². The third-order valence-corrected chi connectivity index (χ3v) is 4.06. The molecule has 0 aliphatic heterocycles. The fraction of sp³-hybridized carbons (Fsp3) is 0.667. The molecule has 0 unspecified atom stereocenters. The molecule has 1 aromatic heterocycles. The van der Waals surface area contributed by atoms with Gasteiger partial charge in [-0.05, 0) is 32.4 Å². The van der Waals surface area contributed by atoms with Crippen molar-refractivity contribution in [3.8, 4) is 0 Å². The van der Waals surface area contributed by atoms with Crippen LogP contribution < -0.4 is 0 Å². The molecular weight excluding hydrogens is 306 g/mol. The van der Waals surface area contributed by atoms with E-state index in [-0.39, 0.29) is 31.0 Å². The van der Waals surface area contributed by atoms with E-state index in [2.05, 4.69) is 6.92 Å². The first kappa shape index (κ1) is 20.2. The van der Waals surface area contributed by atoms with Crippen LogP contribution in [0.2, 0.25) is 0 Å². The second-order valence-corrected chi connectivity index (χ2v) is 6.33. The summed E-state index contributed by atoms with van der Waals surface area (Å²) in [6.45, 7) is 7.28. The quantitative estimate of drug-likeness (QED) is 0.656. The van der Waals surface area contributed by atoms with E-state index in [1.54, 1.807) is 4.90 Å². The first-order valence-electron chi connectivity index (χ1n) is 8.57. The van der Waals surface area contributed by atoms with Crippen molar-refractivity contribution in [1.82, 2.24) is 14.4 Å². The van der Waals surface area contributed by atoms with Gasteiger partial charge in [0.2, 0.25) is 11.8 Å². The minimum Gasteiger partial charge on any atom is -0.375 e. The smallest absolute Gasteiger partial charge is 0.249 e. The molecule has 0 saturated heterocycles. The molecule has 0 aliphatic rings. The summed E-state index contributed by atoms with van der Waals surface area (Å²) in [5.41, 5.74) is 1.08. The largest absolute Gasteiger partial charge is 0.375 e. The summed E-state index contributed by atoms with van der Waals surface area (Å²) < 4.78 is 6.94. The van der Waals surface area contributed by atoms with Gasteiger partial charge in [-0.2, -0.15) is 0 Å². The summed E-state index contributed by atoms with van der Waals surface area (Å²) in [6, 6.07) is 3.95. The van der Waals surface area contributed by atoms with Crippen molar-refractivity contribution in [2.45, 2.75) is 46.2 Å². The van der Waals surface area contributed by atoms with Crippen molar-refractivity contribution in [3.05, 3.63) is 24.0 Å². The lowest BCUT2D eigenvalue weighted by Gasteiger charge is -2.30. The molecule has 0 N–H and O–H groups in total. The van der Waals surface area contributed by atoms with Crippen LogP contribution in [0.5, 0.6) is 0 Å². The van der Waals surface area contributed by atoms with E-state index < -0.39 is 0 Å². The molecule has 0 radical (unpaired) electrons. The Kier molecular flexibility index (Phi) is 8.54. The van der Waals surface area contributed by atoms with Crippen LogP contribution in [0.4, 0.5) is 0 Å². The molecule has 136 valence electrons. The number of hydrogen-bond acceptors (Lipinski definition) is 3. The first-order valence-corrected chi connectivity index (χ1v) is 8.57. The first-order chi connectivity index (χ1) is 11.4. The summed E-state index contributed by atoms with van der Waals surface area (Å²) in [6.07, 6.45) is 3.94. The Morgan fingerprint density at radius 2 is 2.00 bits per heavy atom. The van der Waals surface area contributed by atoms with Crippen LogP contribution in [-0.4, -0.2) is 59.0 Å². The molecule has 0 atom stereocenters. The number of carbonyl (C=O) groups excluding carboxylic acids is 2. The number of carbonyl (C=O) groups is 2. The van der Waals surface area contributed by atoms with Gasteiger partial charge in [0, 0.05) is 38.6 Å². The van der Waals surface area contributed by atoms with Crippen LogP contribution >= 0.6 is 0 Å². The molecular formula is C18H31N3O3. The molecule has 6 nitrogen and oxygen atoms in total. The number of ether oxygens (including phenoxy) is 1. The minimum absolute atomic E-state index is 0.00176. The Morgan fingerprint density at radius 3 is 2.50 bits per heavy atom. The molecule has 0 aliphatic carbocycles. The molecule has 0 aromatic carbocycles. The lowest BCUT2D eigenvalue weighted by atomic mass is 10.2. The average molecular weight is 337 g/mol. The van der Waals surface area contributed by atoms with Crippen LogP contribution in [0.25, 0.3) is 0 Å². The Hall–Kier alpha value is -1.82. The van der Waals surface area contributed by atoms with Crippen LogP contribution in [0, 0.1) is 0 Å². The van der Waals surface area contributed by atoms with E-state index >= 15 is 0 Å². The van der Waals surface area contributed by atoms with Crippen LogP contribution in [-0.2, 0) is 27.9 Å². The second kappa shape index (κ2) is 10.1. The summed E-state index contributed by atoms with van der Waals surface area (Å²) in [5.74, 6) is -0.182. The number of methoxy groups -OCH3 is 1. The van der Waals surface area contributed by atoms with E-state index in [1.165, 1.54) is 7.11 Å². The summed E-state index contributed by atoms with van der Waals surface area (Å²) in [4.78, 5) is 28.4. The number of aryl methyl sites for hydroxylation is 1. The summed E-state index contributed by atoms with van der Waals surface area (Å²) >= 11 is 0. The number of rotatable bonds is 10. The van der Waals surface area contributed by atoms with E-state index in [0.29, 0.717) is 13.1 Å². The number of nitrogens with zero attached hydrogens (tertiary/aromatic N) is 3. The average Bonchev–Trinajstić information content (AvgIpc) is 2.93. The maximum absolute atomic E-state index is 12.8. The Bertz CT molecular complexity index is 525. The fourth-order valence-corrected chi connectivity index (χ4v) is 2.51. The van der Waals surface area contributed by atoms with Crippen LogP contribution in [0.1, 0.15) is 39.3 Å².